The van der Waals surface area contributed by atoms with Gasteiger partial charge in [-0.25, -0.2) is 0 Å². The van der Waals surface area contributed by atoms with Crippen molar-refractivity contribution in [1.29, 1.82) is 0 Å². The van der Waals surface area contributed by atoms with E-state index in [-0.39, 0.29) is 0 Å². The summed E-state index contributed by atoms with van der Waals surface area (Å²) in [6.07, 6.45) is 1.32. The fraction of sp³-hybridized carbons (Fsp3) is 1.00. The van der Waals surface area contributed by atoms with Gasteiger partial charge in [-0.2, -0.15) is 0 Å². The maximum atomic E-state index is 3.55. The van der Waals surface area contributed by atoms with Crippen molar-refractivity contribution < 1.29 is 0 Å². The molecule has 1 rings (SSSR count). The predicted molar refractivity (Wildman–Crippen MR) is 52.9 cm³/mol. The molecule has 0 aromatic rings. The number of nitrogens with one attached hydrogen (secondary N) is 1. The lowest BCUT2D eigenvalue weighted by atomic mass is 9.96. The minimum absolute atomic E-state index is 0.402. The van der Waals surface area contributed by atoms with Gasteiger partial charge in [-0.3, -0.25) is 0 Å². The molecule has 0 aliphatic carbocycles. The minimum atomic E-state index is 0.402. The lowest BCUT2D eigenvalue weighted by molar-refractivity contribution is 0.340. The van der Waals surface area contributed by atoms with Crippen molar-refractivity contribution in [2.24, 2.45) is 5.41 Å². The van der Waals surface area contributed by atoms with E-state index in [0.717, 1.165) is 5.25 Å². The fourth-order valence-electron chi connectivity index (χ4n) is 1.28. The average Bonchev–Trinajstić information content (AvgIpc) is 1.86. The van der Waals surface area contributed by atoms with Crippen LogP contribution in [-0.2, 0) is 0 Å². The van der Waals surface area contributed by atoms with E-state index in [1.165, 1.54) is 13.0 Å². The van der Waals surface area contributed by atoms with E-state index in [4.69, 9.17) is 0 Å². The summed E-state index contributed by atoms with van der Waals surface area (Å²) in [6.45, 7) is 10.4. The largest absolute Gasteiger partial charge is 0.305 e. The zero-order chi connectivity index (χ0) is 8.48. The molecule has 1 aliphatic rings. The zero-order valence-electron chi connectivity index (χ0n) is 7.98. The first kappa shape index (κ1) is 9.40. The molecule has 0 saturated carbocycles. The minimum Gasteiger partial charge on any atom is -0.305 e. The molecule has 0 bridgehead atoms. The van der Waals surface area contributed by atoms with Gasteiger partial charge in [-0.1, -0.05) is 27.7 Å². The van der Waals surface area contributed by atoms with Gasteiger partial charge >= 0.3 is 0 Å². The smallest absolute Gasteiger partial charge is 0.0583 e. The quantitative estimate of drug-likeness (QED) is 0.604. The van der Waals surface area contributed by atoms with Crippen LogP contribution in [0.3, 0.4) is 0 Å². The fourth-order valence-corrected chi connectivity index (χ4v) is 2.62. The molecule has 2 atom stereocenters. The summed E-state index contributed by atoms with van der Waals surface area (Å²) in [6, 6.07) is 0. The Labute approximate surface area is 74.3 Å². The predicted octanol–water partition coefficient (Wildman–Crippen LogP) is 2.47. The first-order valence-electron chi connectivity index (χ1n) is 4.39. The van der Waals surface area contributed by atoms with Crippen molar-refractivity contribution >= 4 is 11.8 Å². The Morgan fingerprint density at radius 1 is 1.36 bits per heavy atom. The summed E-state index contributed by atoms with van der Waals surface area (Å²) in [5.41, 5.74) is 0.402. The average molecular weight is 173 g/mol. The van der Waals surface area contributed by atoms with Gasteiger partial charge in [0.05, 0.1) is 5.37 Å². The van der Waals surface area contributed by atoms with E-state index in [2.05, 4.69) is 44.8 Å². The molecule has 0 aromatic heterocycles. The molecule has 1 heterocycles. The standard InChI is InChI=1S/C9H19NS/c1-7-5-6-10-8(11-7)9(2,3)4/h7-8,10H,5-6H2,1-4H3. The lowest BCUT2D eigenvalue weighted by Gasteiger charge is -2.36. The highest BCUT2D eigenvalue weighted by molar-refractivity contribution is 8.00. The summed E-state index contributed by atoms with van der Waals surface area (Å²) in [7, 11) is 0. The Bertz CT molecular complexity index is 128. The van der Waals surface area contributed by atoms with Crippen molar-refractivity contribution in [1.82, 2.24) is 5.32 Å². The molecule has 66 valence electrons. The Hall–Kier alpha value is 0.310. The molecule has 0 radical (unpaired) electrons. The van der Waals surface area contributed by atoms with Crippen LogP contribution in [0.1, 0.15) is 34.1 Å². The number of thioether (sulfide) groups is 1. The number of hydrogen-bond acceptors (Lipinski definition) is 2. The van der Waals surface area contributed by atoms with E-state index in [1.54, 1.807) is 0 Å². The van der Waals surface area contributed by atoms with Gasteiger partial charge in [0, 0.05) is 5.25 Å². The van der Waals surface area contributed by atoms with Crippen molar-refractivity contribution in [3.8, 4) is 0 Å². The second-order valence-corrected chi connectivity index (χ2v) is 5.98. The van der Waals surface area contributed by atoms with E-state index < -0.39 is 0 Å². The van der Waals surface area contributed by atoms with Crippen LogP contribution in [0.4, 0.5) is 0 Å². The van der Waals surface area contributed by atoms with Crippen molar-refractivity contribution in [3.63, 3.8) is 0 Å². The van der Waals surface area contributed by atoms with Crippen LogP contribution in [-0.4, -0.2) is 17.2 Å². The molecule has 11 heavy (non-hydrogen) atoms. The van der Waals surface area contributed by atoms with Crippen LogP contribution in [0.25, 0.3) is 0 Å². The molecule has 2 unspecified atom stereocenters. The topological polar surface area (TPSA) is 12.0 Å². The van der Waals surface area contributed by atoms with Gasteiger partial charge in [-0.05, 0) is 18.4 Å². The Kier molecular flexibility index (Phi) is 2.87. The number of rotatable bonds is 0. The second kappa shape index (κ2) is 3.36. The molecule has 1 aliphatic heterocycles. The number of hydrogen-bond donors (Lipinski definition) is 1. The van der Waals surface area contributed by atoms with E-state index in [0.29, 0.717) is 10.8 Å². The highest BCUT2D eigenvalue weighted by atomic mass is 32.2. The molecule has 2 heteroatoms. The molecule has 1 saturated heterocycles. The van der Waals surface area contributed by atoms with Crippen LogP contribution in [0.5, 0.6) is 0 Å². The lowest BCUT2D eigenvalue weighted by Crippen LogP contribution is -2.43. The second-order valence-electron chi connectivity index (χ2n) is 4.44. The molecule has 1 fully saturated rings. The monoisotopic (exact) mass is 173 g/mol. The van der Waals surface area contributed by atoms with Crippen molar-refractivity contribution in [3.05, 3.63) is 0 Å². The molecular weight excluding hydrogens is 154 g/mol. The van der Waals surface area contributed by atoms with E-state index in [9.17, 15) is 0 Å². The Morgan fingerprint density at radius 2 is 2.00 bits per heavy atom. The summed E-state index contributed by atoms with van der Waals surface area (Å²) in [5, 5.41) is 5.03. The summed E-state index contributed by atoms with van der Waals surface area (Å²) in [5.74, 6) is 0. The first-order chi connectivity index (χ1) is 5.00. The molecule has 0 aromatic carbocycles. The Morgan fingerprint density at radius 3 is 2.36 bits per heavy atom. The van der Waals surface area contributed by atoms with Gasteiger partial charge in [0.1, 0.15) is 0 Å². The maximum absolute atomic E-state index is 3.55. The van der Waals surface area contributed by atoms with Crippen LogP contribution >= 0.6 is 11.8 Å². The van der Waals surface area contributed by atoms with Gasteiger partial charge in [-0.15, -0.1) is 11.8 Å². The highest BCUT2D eigenvalue weighted by Crippen LogP contribution is 2.34. The van der Waals surface area contributed by atoms with Crippen LogP contribution in [0.2, 0.25) is 0 Å². The van der Waals surface area contributed by atoms with Gasteiger partial charge in [0.2, 0.25) is 0 Å². The van der Waals surface area contributed by atoms with E-state index >= 15 is 0 Å². The third-order valence-corrected chi connectivity index (χ3v) is 3.88. The summed E-state index contributed by atoms with van der Waals surface area (Å²) in [4.78, 5) is 0. The van der Waals surface area contributed by atoms with Crippen LogP contribution in [0, 0.1) is 5.41 Å². The van der Waals surface area contributed by atoms with Gasteiger partial charge < -0.3 is 5.32 Å². The van der Waals surface area contributed by atoms with Crippen molar-refractivity contribution in [2.45, 2.75) is 44.7 Å². The maximum Gasteiger partial charge on any atom is 0.0583 e. The van der Waals surface area contributed by atoms with E-state index in [1.807, 2.05) is 0 Å². The third kappa shape index (κ3) is 2.68. The third-order valence-electron chi connectivity index (χ3n) is 2.04. The van der Waals surface area contributed by atoms with Gasteiger partial charge in [0.25, 0.3) is 0 Å². The summed E-state index contributed by atoms with van der Waals surface area (Å²) >= 11 is 2.08. The van der Waals surface area contributed by atoms with Crippen molar-refractivity contribution in [2.75, 3.05) is 6.54 Å². The zero-order valence-corrected chi connectivity index (χ0v) is 8.79. The normalized spacial score (nSPS) is 33.8. The Balaban J connectivity index is 2.46. The molecule has 0 spiro atoms. The molecular formula is C9H19NS. The molecule has 0 amide bonds. The highest BCUT2D eigenvalue weighted by Gasteiger charge is 2.28. The summed E-state index contributed by atoms with van der Waals surface area (Å²) < 4.78 is 0. The molecule has 1 N–H and O–H groups in total. The van der Waals surface area contributed by atoms with Gasteiger partial charge in [0.15, 0.2) is 0 Å². The van der Waals surface area contributed by atoms with Crippen LogP contribution in [0.15, 0.2) is 0 Å². The molecule has 1 nitrogen and oxygen atoms in total. The van der Waals surface area contributed by atoms with Crippen LogP contribution < -0.4 is 5.32 Å². The first-order valence-corrected chi connectivity index (χ1v) is 5.33. The SMILES string of the molecule is CC1CCNC(C(C)(C)C)S1.